The zero-order valence-corrected chi connectivity index (χ0v) is 20.1. The number of piperidine rings is 1. The second kappa shape index (κ2) is 11.1. The molecule has 1 aliphatic heterocycles. The molecule has 6 heteroatoms. The number of amides is 1. The summed E-state index contributed by atoms with van der Waals surface area (Å²) in [6.07, 6.45) is 1.77. The van der Waals surface area contributed by atoms with E-state index < -0.39 is 0 Å². The second-order valence-corrected chi connectivity index (χ2v) is 8.44. The fraction of sp³-hybridized carbons (Fsp3) is 0.321. The third-order valence-corrected chi connectivity index (χ3v) is 6.35. The van der Waals surface area contributed by atoms with Crippen molar-refractivity contribution in [2.75, 3.05) is 39.3 Å². The van der Waals surface area contributed by atoms with Crippen LogP contribution < -0.4 is 19.1 Å². The third kappa shape index (κ3) is 5.34. The highest BCUT2D eigenvalue weighted by atomic mass is 16.5. The van der Waals surface area contributed by atoms with Gasteiger partial charge >= 0.3 is 0 Å². The van der Waals surface area contributed by atoms with Crippen molar-refractivity contribution in [3.8, 4) is 17.2 Å². The molecule has 1 heterocycles. The number of hydrogen-bond acceptors (Lipinski definition) is 5. The van der Waals surface area contributed by atoms with Crippen LogP contribution in [-0.4, -0.2) is 51.3 Å². The van der Waals surface area contributed by atoms with Crippen molar-refractivity contribution in [3.63, 3.8) is 0 Å². The first-order chi connectivity index (χ1) is 16.6. The SMILES string of the molecule is COc1cccc(CN2CCC(N(C(=O)c3ccccc3)c3ccc(OC)c(OC)c3)CC2)c1. The standard InChI is InChI=1S/C28H32N2O4/c1-32-25-11-7-8-21(18-25)20-29-16-14-23(15-17-29)30(28(31)22-9-5-4-6-10-22)24-12-13-26(33-2)27(19-24)34-3/h4-13,18-19,23H,14-17,20H2,1-3H3. The van der Waals surface area contributed by atoms with Crippen LogP contribution in [0.3, 0.4) is 0 Å². The van der Waals surface area contributed by atoms with E-state index in [4.69, 9.17) is 14.2 Å². The molecule has 34 heavy (non-hydrogen) atoms. The minimum absolute atomic E-state index is 0.000865. The van der Waals surface area contributed by atoms with Gasteiger partial charge in [0, 0.05) is 43.0 Å². The van der Waals surface area contributed by atoms with E-state index in [0.717, 1.165) is 43.9 Å². The third-order valence-electron chi connectivity index (χ3n) is 6.35. The number of methoxy groups -OCH3 is 3. The van der Waals surface area contributed by atoms with Crippen LogP contribution in [-0.2, 0) is 6.54 Å². The first-order valence-electron chi connectivity index (χ1n) is 11.6. The Morgan fingerprint density at radius 2 is 1.59 bits per heavy atom. The van der Waals surface area contributed by atoms with E-state index >= 15 is 0 Å². The van der Waals surface area contributed by atoms with Crippen LogP contribution >= 0.6 is 0 Å². The molecule has 178 valence electrons. The molecule has 3 aromatic rings. The van der Waals surface area contributed by atoms with Gasteiger partial charge in [-0.25, -0.2) is 0 Å². The molecule has 1 fully saturated rings. The summed E-state index contributed by atoms with van der Waals surface area (Å²) in [7, 11) is 4.92. The zero-order chi connectivity index (χ0) is 23.9. The van der Waals surface area contributed by atoms with Gasteiger partial charge < -0.3 is 19.1 Å². The fourth-order valence-electron chi connectivity index (χ4n) is 4.55. The van der Waals surface area contributed by atoms with Gasteiger partial charge in [-0.3, -0.25) is 9.69 Å². The van der Waals surface area contributed by atoms with Gasteiger partial charge in [-0.2, -0.15) is 0 Å². The van der Waals surface area contributed by atoms with Crippen LogP contribution in [0.5, 0.6) is 17.2 Å². The first-order valence-corrected chi connectivity index (χ1v) is 11.6. The highest BCUT2D eigenvalue weighted by Gasteiger charge is 2.30. The molecule has 4 rings (SSSR count). The van der Waals surface area contributed by atoms with E-state index in [1.165, 1.54) is 5.56 Å². The molecule has 0 aliphatic carbocycles. The molecule has 0 radical (unpaired) electrons. The Labute approximate surface area is 201 Å². The van der Waals surface area contributed by atoms with Crippen molar-refractivity contribution >= 4 is 11.6 Å². The molecule has 1 aliphatic rings. The maximum Gasteiger partial charge on any atom is 0.258 e. The largest absolute Gasteiger partial charge is 0.497 e. The highest BCUT2D eigenvalue weighted by molar-refractivity contribution is 6.06. The van der Waals surface area contributed by atoms with Gasteiger partial charge in [0.1, 0.15) is 5.75 Å². The lowest BCUT2D eigenvalue weighted by Crippen LogP contribution is -2.47. The molecule has 1 amide bonds. The Balaban J connectivity index is 1.55. The van der Waals surface area contributed by atoms with Crippen LogP contribution in [0.4, 0.5) is 5.69 Å². The van der Waals surface area contributed by atoms with Crippen LogP contribution in [0.15, 0.2) is 72.8 Å². The number of likely N-dealkylation sites (tertiary alicyclic amines) is 1. The summed E-state index contributed by atoms with van der Waals surface area (Å²) in [6.45, 7) is 2.69. The number of rotatable bonds is 8. The number of nitrogens with zero attached hydrogens (tertiary/aromatic N) is 2. The minimum atomic E-state index is -0.000865. The van der Waals surface area contributed by atoms with Gasteiger partial charge in [0.05, 0.1) is 21.3 Å². The summed E-state index contributed by atoms with van der Waals surface area (Å²) in [5, 5.41) is 0. The molecule has 0 N–H and O–H groups in total. The van der Waals surface area contributed by atoms with E-state index in [-0.39, 0.29) is 11.9 Å². The molecular formula is C28H32N2O4. The zero-order valence-electron chi connectivity index (χ0n) is 20.1. The van der Waals surface area contributed by atoms with Gasteiger partial charge in [0.15, 0.2) is 11.5 Å². The molecule has 3 aromatic carbocycles. The number of ether oxygens (including phenoxy) is 3. The molecular weight excluding hydrogens is 428 g/mol. The van der Waals surface area contributed by atoms with E-state index in [1.54, 1.807) is 21.3 Å². The summed E-state index contributed by atoms with van der Waals surface area (Å²) < 4.78 is 16.3. The predicted molar refractivity (Wildman–Crippen MR) is 134 cm³/mol. The monoisotopic (exact) mass is 460 g/mol. The van der Waals surface area contributed by atoms with Crippen LogP contribution in [0, 0.1) is 0 Å². The lowest BCUT2D eigenvalue weighted by Gasteiger charge is -2.39. The van der Waals surface area contributed by atoms with Crippen molar-refractivity contribution < 1.29 is 19.0 Å². The van der Waals surface area contributed by atoms with Gasteiger partial charge in [-0.05, 0) is 54.8 Å². The van der Waals surface area contributed by atoms with E-state index in [0.29, 0.717) is 17.1 Å². The highest BCUT2D eigenvalue weighted by Crippen LogP contribution is 2.34. The Hall–Kier alpha value is -3.51. The molecule has 0 unspecified atom stereocenters. The van der Waals surface area contributed by atoms with Gasteiger partial charge in [0.2, 0.25) is 0 Å². The maximum absolute atomic E-state index is 13.7. The van der Waals surface area contributed by atoms with Crippen LogP contribution in [0.2, 0.25) is 0 Å². The average molecular weight is 461 g/mol. The minimum Gasteiger partial charge on any atom is -0.497 e. The lowest BCUT2D eigenvalue weighted by atomic mass is 10.00. The summed E-state index contributed by atoms with van der Waals surface area (Å²) >= 11 is 0. The van der Waals surface area contributed by atoms with Gasteiger partial charge in [-0.1, -0.05) is 30.3 Å². The van der Waals surface area contributed by atoms with Crippen molar-refractivity contribution in [1.29, 1.82) is 0 Å². The Bertz CT molecular complexity index is 1090. The van der Waals surface area contributed by atoms with Gasteiger partial charge in [0.25, 0.3) is 5.91 Å². The van der Waals surface area contributed by atoms with Crippen molar-refractivity contribution in [2.24, 2.45) is 0 Å². The number of anilines is 1. The lowest BCUT2D eigenvalue weighted by molar-refractivity contribution is 0.0958. The van der Waals surface area contributed by atoms with Gasteiger partial charge in [-0.15, -0.1) is 0 Å². The molecule has 0 bridgehead atoms. The van der Waals surface area contributed by atoms with E-state index in [9.17, 15) is 4.79 Å². The number of benzene rings is 3. The first kappa shape index (κ1) is 23.6. The summed E-state index contributed by atoms with van der Waals surface area (Å²) in [5.74, 6) is 2.13. The average Bonchev–Trinajstić information content (AvgIpc) is 2.90. The summed E-state index contributed by atoms with van der Waals surface area (Å²) in [5.41, 5.74) is 2.73. The molecule has 0 atom stereocenters. The fourth-order valence-corrected chi connectivity index (χ4v) is 4.55. The topological polar surface area (TPSA) is 51.2 Å². The maximum atomic E-state index is 13.7. The smallest absolute Gasteiger partial charge is 0.258 e. The predicted octanol–water partition coefficient (Wildman–Crippen LogP) is 5.02. The molecule has 1 saturated heterocycles. The molecule has 6 nitrogen and oxygen atoms in total. The van der Waals surface area contributed by atoms with Crippen molar-refractivity contribution in [3.05, 3.63) is 83.9 Å². The number of hydrogen-bond donors (Lipinski definition) is 0. The second-order valence-electron chi connectivity index (χ2n) is 8.44. The molecule has 0 saturated carbocycles. The summed E-state index contributed by atoms with van der Waals surface area (Å²) in [4.78, 5) is 18.0. The summed E-state index contributed by atoms with van der Waals surface area (Å²) in [6, 6.07) is 23.4. The molecule has 0 spiro atoms. The van der Waals surface area contributed by atoms with E-state index in [2.05, 4.69) is 17.0 Å². The van der Waals surface area contributed by atoms with Crippen LogP contribution in [0.25, 0.3) is 0 Å². The van der Waals surface area contributed by atoms with Crippen molar-refractivity contribution in [1.82, 2.24) is 4.90 Å². The Morgan fingerprint density at radius 3 is 2.26 bits per heavy atom. The Morgan fingerprint density at radius 1 is 0.853 bits per heavy atom. The van der Waals surface area contributed by atoms with Crippen LogP contribution in [0.1, 0.15) is 28.8 Å². The normalized spacial score (nSPS) is 14.4. The Kier molecular flexibility index (Phi) is 7.70. The van der Waals surface area contributed by atoms with Crippen molar-refractivity contribution in [2.45, 2.75) is 25.4 Å². The quantitative estimate of drug-likeness (QED) is 0.472. The number of carbonyl (C=O) groups is 1. The number of carbonyl (C=O) groups excluding carboxylic acids is 1. The molecule has 0 aromatic heterocycles. The van der Waals surface area contributed by atoms with E-state index in [1.807, 2.05) is 65.6 Å².